The van der Waals surface area contributed by atoms with Crippen molar-refractivity contribution in [3.63, 3.8) is 0 Å². The first-order chi connectivity index (χ1) is 10.2. The highest BCUT2D eigenvalue weighted by Gasteiger charge is 2.28. The highest BCUT2D eigenvalue weighted by atomic mass is 16.5. The van der Waals surface area contributed by atoms with E-state index >= 15 is 0 Å². The van der Waals surface area contributed by atoms with Gasteiger partial charge in [0.25, 0.3) is 5.91 Å². The molecule has 0 spiro atoms. The van der Waals surface area contributed by atoms with Crippen molar-refractivity contribution in [2.24, 2.45) is 10.9 Å². The summed E-state index contributed by atoms with van der Waals surface area (Å²) < 4.78 is 0. The molecule has 1 saturated carbocycles. The van der Waals surface area contributed by atoms with Crippen LogP contribution in [0.4, 0.5) is 0 Å². The van der Waals surface area contributed by atoms with Crippen LogP contribution in [0.2, 0.25) is 0 Å². The quantitative estimate of drug-likeness (QED) is 0.783. The monoisotopic (exact) mass is 291 g/mol. The number of hydrogen-bond donors (Lipinski definition) is 2. The second-order valence-electron chi connectivity index (χ2n) is 5.59. The molecule has 0 aromatic carbocycles. The number of allylic oxidation sites excluding steroid dienone is 1. The summed E-state index contributed by atoms with van der Waals surface area (Å²) in [7, 11) is 0. The molecule has 0 saturated heterocycles. The van der Waals surface area contributed by atoms with Crippen LogP contribution in [0.5, 0.6) is 0 Å². The number of carbonyl (C=O) groups excluding carboxylic acids is 1. The SMILES string of the molecule is C/C=C1/C(NCC2CCCCC2)=CC(=O)N(O)C1=NCC. The molecule has 116 valence electrons. The van der Waals surface area contributed by atoms with Crippen LogP contribution < -0.4 is 5.32 Å². The third kappa shape index (κ3) is 3.73. The number of aliphatic imine (C=N–C) groups is 1. The minimum absolute atomic E-state index is 0.332. The van der Waals surface area contributed by atoms with E-state index in [0.717, 1.165) is 17.8 Å². The predicted molar refractivity (Wildman–Crippen MR) is 83.0 cm³/mol. The summed E-state index contributed by atoms with van der Waals surface area (Å²) >= 11 is 0. The second kappa shape index (κ2) is 7.41. The number of hydroxylamine groups is 2. The molecule has 2 aliphatic rings. The lowest BCUT2D eigenvalue weighted by Crippen LogP contribution is -2.41. The van der Waals surface area contributed by atoms with E-state index in [1.54, 1.807) is 0 Å². The van der Waals surface area contributed by atoms with E-state index in [1.165, 1.54) is 38.2 Å². The minimum Gasteiger partial charge on any atom is -0.384 e. The lowest BCUT2D eigenvalue weighted by atomic mass is 9.89. The zero-order chi connectivity index (χ0) is 15.2. The minimum atomic E-state index is -0.445. The highest BCUT2D eigenvalue weighted by molar-refractivity contribution is 6.15. The molecule has 1 fully saturated rings. The van der Waals surface area contributed by atoms with Crippen LogP contribution in [-0.4, -0.2) is 35.1 Å². The van der Waals surface area contributed by atoms with Gasteiger partial charge in [0, 0.05) is 24.7 Å². The Kier molecular flexibility index (Phi) is 5.56. The third-order valence-electron chi connectivity index (χ3n) is 4.11. The van der Waals surface area contributed by atoms with Crippen molar-refractivity contribution in [1.29, 1.82) is 0 Å². The van der Waals surface area contributed by atoms with Gasteiger partial charge in [-0.1, -0.05) is 25.3 Å². The molecule has 5 nitrogen and oxygen atoms in total. The number of nitrogens with one attached hydrogen (secondary N) is 1. The first-order valence-corrected chi connectivity index (χ1v) is 7.87. The zero-order valence-electron chi connectivity index (χ0n) is 12.9. The Bertz CT molecular complexity index is 474. The van der Waals surface area contributed by atoms with Gasteiger partial charge < -0.3 is 5.32 Å². The fraction of sp³-hybridized carbons (Fsp3) is 0.625. The van der Waals surface area contributed by atoms with Gasteiger partial charge in [0.2, 0.25) is 0 Å². The molecule has 0 radical (unpaired) electrons. The zero-order valence-corrected chi connectivity index (χ0v) is 12.9. The number of carbonyl (C=O) groups is 1. The number of hydrogen-bond acceptors (Lipinski definition) is 4. The fourth-order valence-corrected chi connectivity index (χ4v) is 2.98. The van der Waals surface area contributed by atoms with Gasteiger partial charge >= 0.3 is 0 Å². The summed E-state index contributed by atoms with van der Waals surface area (Å²) in [6.45, 7) is 5.17. The highest BCUT2D eigenvalue weighted by Crippen LogP contribution is 2.24. The molecular formula is C16H25N3O2. The van der Waals surface area contributed by atoms with Gasteiger partial charge in [-0.05, 0) is 32.6 Å². The van der Waals surface area contributed by atoms with Crippen molar-refractivity contribution in [1.82, 2.24) is 10.4 Å². The Hall–Kier alpha value is -1.62. The Morgan fingerprint density at radius 3 is 2.76 bits per heavy atom. The average Bonchev–Trinajstić information content (AvgIpc) is 2.51. The Morgan fingerprint density at radius 1 is 1.43 bits per heavy atom. The van der Waals surface area contributed by atoms with Crippen LogP contribution in [0, 0.1) is 5.92 Å². The standard InChI is InChI=1S/C16H25N3O2/c1-3-13-14(18-11-12-8-6-5-7-9-12)10-15(20)19(21)16(13)17-4-2/h3,10,12,18,21H,4-9,11H2,1-2H3/b13-3-,17-16?. The largest absolute Gasteiger partial charge is 0.384 e. The maximum Gasteiger partial charge on any atom is 0.278 e. The molecule has 1 amide bonds. The van der Waals surface area contributed by atoms with Crippen molar-refractivity contribution in [3.05, 3.63) is 23.4 Å². The Labute approximate surface area is 126 Å². The molecule has 0 atom stereocenters. The predicted octanol–water partition coefficient (Wildman–Crippen LogP) is 2.64. The maximum absolute atomic E-state index is 11.9. The Balaban J connectivity index is 2.11. The van der Waals surface area contributed by atoms with Crippen molar-refractivity contribution in [3.8, 4) is 0 Å². The van der Waals surface area contributed by atoms with Gasteiger partial charge in [-0.3, -0.25) is 15.0 Å². The van der Waals surface area contributed by atoms with E-state index in [0.29, 0.717) is 23.4 Å². The smallest absolute Gasteiger partial charge is 0.278 e. The van der Waals surface area contributed by atoms with E-state index in [2.05, 4.69) is 10.3 Å². The molecule has 0 bridgehead atoms. The third-order valence-corrected chi connectivity index (χ3v) is 4.11. The summed E-state index contributed by atoms with van der Waals surface area (Å²) in [6.07, 6.45) is 9.77. The summed E-state index contributed by atoms with van der Waals surface area (Å²) in [5.74, 6) is 0.559. The van der Waals surface area contributed by atoms with Crippen molar-refractivity contribution >= 4 is 11.7 Å². The van der Waals surface area contributed by atoms with Gasteiger partial charge in [-0.15, -0.1) is 0 Å². The number of nitrogens with zero attached hydrogens (tertiary/aromatic N) is 2. The van der Waals surface area contributed by atoms with Crippen LogP contribution >= 0.6 is 0 Å². The Morgan fingerprint density at radius 2 is 2.14 bits per heavy atom. The fourth-order valence-electron chi connectivity index (χ4n) is 2.98. The van der Waals surface area contributed by atoms with Crippen LogP contribution in [0.1, 0.15) is 46.0 Å². The second-order valence-corrected chi connectivity index (χ2v) is 5.59. The number of rotatable bonds is 4. The van der Waals surface area contributed by atoms with Crippen LogP contribution in [0.15, 0.2) is 28.4 Å². The van der Waals surface area contributed by atoms with Gasteiger partial charge in [-0.25, -0.2) is 0 Å². The summed E-state index contributed by atoms with van der Waals surface area (Å²) in [4.78, 5) is 16.1. The molecule has 2 N–H and O–H groups in total. The molecule has 2 rings (SSSR count). The van der Waals surface area contributed by atoms with Gasteiger partial charge in [0.05, 0.1) is 5.70 Å². The van der Waals surface area contributed by atoms with E-state index in [-0.39, 0.29) is 0 Å². The molecular weight excluding hydrogens is 266 g/mol. The molecule has 1 aliphatic carbocycles. The van der Waals surface area contributed by atoms with E-state index < -0.39 is 5.91 Å². The van der Waals surface area contributed by atoms with Crippen LogP contribution in [-0.2, 0) is 4.79 Å². The number of amides is 1. The lowest BCUT2D eigenvalue weighted by Gasteiger charge is -2.28. The van der Waals surface area contributed by atoms with E-state index in [4.69, 9.17) is 0 Å². The molecule has 1 aliphatic heterocycles. The first kappa shape index (κ1) is 15.8. The van der Waals surface area contributed by atoms with Gasteiger partial charge in [0.15, 0.2) is 5.84 Å². The normalized spacial score (nSPS) is 24.6. The first-order valence-electron chi connectivity index (χ1n) is 7.87. The van der Waals surface area contributed by atoms with E-state index in [1.807, 2.05) is 19.9 Å². The summed E-state index contributed by atoms with van der Waals surface area (Å²) in [5.41, 5.74) is 1.56. The maximum atomic E-state index is 11.9. The lowest BCUT2D eigenvalue weighted by molar-refractivity contribution is -0.143. The molecule has 0 aromatic rings. The summed E-state index contributed by atoms with van der Waals surface area (Å²) in [6, 6.07) is 0. The van der Waals surface area contributed by atoms with Crippen molar-refractivity contribution in [2.75, 3.05) is 13.1 Å². The summed E-state index contributed by atoms with van der Waals surface area (Å²) in [5, 5.41) is 13.9. The van der Waals surface area contributed by atoms with Crippen LogP contribution in [0.25, 0.3) is 0 Å². The molecule has 1 heterocycles. The van der Waals surface area contributed by atoms with Gasteiger partial charge in [-0.2, -0.15) is 5.06 Å². The number of amidine groups is 1. The molecule has 0 unspecified atom stereocenters. The van der Waals surface area contributed by atoms with E-state index in [9.17, 15) is 10.0 Å². The molecule has 5 heteroatoms. The topological polar surface area (TPSA) is 64.9 Å². The van der Waals surface area contributed by atoms with Crippen molar-refractivity contribution in [2.45, 2.75) is 46.0 Å². The average molecular weight is 291 g/mol. The molecule has 0 aromatic heterocycles. The molecule has 21 heavy (non-hydrogen) atoms. The van der Waals surface area contributed by atoms with Crippen LogP contribution in [0.3, 0.4) is 0 Å². The van der Waals surface area contributed by atoms with Crippen molar-refractivity contribution < 1.29 is 10.0 Å². The van der Waals surface area contributed by atoms with Gasteiger partial charge in [0.1, 0.15) is 0 Å².